The number of aliphatic imine (C=N–C) groups is 1. The van der Waals surface area contributed by atoms with Crippen molar-refractivity contribution in [1.82, 2.24) is 10.3 Å². The lowest BCUT2D eigenvalue weighted by Crippen LogP contribution is -2.47. The van der Waals surface area contributed by atoms with E-state index in [0.717, 1.165) is 0 Å². The van der Waals surface area contributed by atoms with E-state index in [-0.39, 0.29) is 12.7 Å². The summed E-state index contributed by atoms with van der Waals surface area (Å²) in [4.78, 5) is 15.5. The van der Waals surface area contributed by atoms with Crippen LogP contribution in [0.2, 0.25) is 0 Å². The minimum atomic E-state index is -0.632. The molecule has 1 rings (SSSR count). The number of hydrogen-bond acceptors (Lipinski definition) is 5. The lowest BCUT2D eigenvalue weighted by Gasteiger charge is -2.24. The Morgan fingerprint density at radius 3 is 3.25 bits per heavy atom. The molecule has 7 nitrogen and oxygen atoms in total. The third-order valence-electron chi connectivity index (χ3n) is 1.43. The number of hydrogen-bond donors (Lipinski definition) is 1. The molecule has 7 heteroatoms. The summed E-state index contributed by atoms with van der Waals surface area (Å²) in [5.74, 6) is 0.258. The van der Waals surface area contributed by atoms with Gasteiger partial charge in [-0.2, -0.15) is 0 Å². The Labute approximate surface area is 69.1 Å². The molecule has 1 aliphatic heterocycles. The summed E-state index contributed by atoms with van der Waals surface area (Å²) in [6.07, 6.45) is 0. The van der Waals surface area contributed by atoms with Crippen LogP contribution in [0.4, 0.5) is 0 Å². The van der Waals surface area contributed by atoms with Crippen LogP contribution < -0.4 is 5.43 Å². The molecule has 0 fully saturated rings. The first kappa shape index (κ1) is 8.72. The first-order valence-electron chi connectivity index (χ1n) is 3.52. The third-order valence-corrected chi connectivity index (χ3v) is 1.43. The number of hydrazine groups is 1. The van der Waals surface area contributed by atoms with Gasteiger partial charge in [-0.15, -0.1) is 0 Å². The fourth-order valence-electron chi connectivity index (χ4n) is 0.848. The molecule has 68 valence electrons. The van der Waals surface area contributed by atoms with Gasteiger partial charge in [-0.3, -0.25) is 0 Å². The molecule has 0 aromatic rings. The smallest absolute Gasteiger partial charge is 0.260 e. The zero-order valence-corrected chi connectivity index (χ0v) is 6.69. The molecule has 0 unspecified atom stereocenters. The van der Waals surface area contributed by atoms with Gasteiger partial charge in [-0.05, 0) is 6.92 Å². The Hall–Kier alpha value is -1.37. The van der Waals surface area contributed by atoms with E-state index in [1.54, 1.807) is 4.90 Å². The maximum Gasteiger partial charge on any atom is 0.260 e. The lowest BCUT2D eigenvalue weighted by atomic mass is 10.6. The van der Waals surface area contributed by atoms with Crippen LogP contribution in [0.5, 0.6) is 0 Å². The van der Waals surface area contributed by atoms with Gasteiger partial charge in [0, 0.05) is 6.54 Å². The van der Waals surface area contributed by atoms with Crippen LogP contribution in [0.25, 0.3) is 0 Å². The molecular weight excluding hydrogens is 164 g/mol. The summed E-state index contributed by atoms with van der Waals surface area (Å²) in [7, 11) is 0. The van der Waals surface area contributed by atoms with Gasteiger partial charge in [-0.1, -0.05) is 5.43 Å². The molecule has 0 saturated carbocycles. The third kappa shape index (κ3) is 2.06. The molecule has 12 heavy (non-hydrogen) atoms. The van der Waals surface area contributed by atoms with E-state index < -0.39 is 5.03 Å². The van der Waals surface area contributed by atoms with Crippen LogP contribution >= 0.6 is 0 Å². The molecule has 0 aromatic heterocycles. The van der Waals surface area contributed by atoms with Crippen LogP contribution in [0.1, 0.15) is 6.92 Å². The fraction of sp³-hybridized carbons (Fsp3) is 0.800. The van der Waals surface area contributed by atoms with Gasteiger partial charge >= 0.3 is 0 Å². The van der Waals surface area contributed by atoms with Crippen molar-refractivity contribution in [2.45, 2.75) is 6.92 Å². The summed E-state index contributed by atoms with van der Waals surface area (Å²) < 4.78 is 4.96. The van der Waals surface area contributed by atoms with Gasteiger partial charge in [-0.25, -0.2) is 15.1 Å². The van der Waals surface area contributed by atoms with E-state index in [1.807, 2.05) is 12.3 Å². The minimum absolute atomic E-state index is 0.173. The van der Waals surface area contributed by atoms with E-state index in [4.69, 9.17) is 4.74 Å². The van der Waals surface area contributed by atoms with Crippen LogP contribution in [0.15, 0.2) is 4.99 Å². The van der Waals surface area contributed by atoms with Crippen LogP contribution in [0.3, 0.4) is 0 Å². The van der Waals surface area contributed by atoms with Crippen molar-refractivity contribution in [1.29, 1.82) is 0 Å². The highest BCUT2D eigenvalue weighted by atomic mass is 16.7. The second-order valence-corrected chi connectivity index (χ2v) is 2.17. The standard InChI is InChI=1S/C5H10N4O3/c1-2-8-4-12-3-6-5(8)7-9(10)11/h2-4H2,1H3,(H,6,7). The largest absolute Gasteiger partial charge is 0.339 e. The van der Waals surface area contributed by atoms with Crippen LogP contribution in [0, 0.1) is 10.1 Å². The average molecular weight is 174 g/mol. The van der Waals surface area contributed by atoms with Gasteiger partial charge in [0.05, 0.1) is 0 Å². The molecule has 0 atom stereocenters. The summed E-state index contributed by atoms with van der Waals surface area (Å²) in [6, 6.07) is 0. The van der Waals surface area contributed by atoms with Crippen molar-refractivity contribution in [2.75, 3.05) is 20.0 Å². The Bertz CT molecular complexity index is 205. The second-order valence-electron chi connectivity index (χ2n) is 2.17. The van der Waals surface area contributed by atoms with Gasteiger partial charge in [0.2, 0.25) is 0 Å². The Balaban J connectivity index is 2.57. The quantitative estimate of drug-likeness (QED) is 0.446. The molecule has 0 spiro atoms. The molecule has 1 N–H and O–H groups in total. The van der Waals surface area contributed by atoms with Gasteiger partial charge < -0.3 is 9.64 Å². The Morgan fingerprint density at radius 2 is 2.67 bits per heavy atom. The number of nitro groups is 1. The number of guanidine groups is 1. The van der Waals surface area contributed by atoms with Gasteiger partial charge in [0.25, 0.3) is 5.96 Å². The van der Waals surface area contributed by atoms with Crippen LogP contribution in [-0.2, 0) is 4.74 Å². The highest BCUT2D eigenvalue weighted by Crippen LogP contribution is 1.97. The summed E-state index contributed by atoms with van der Waals surface area (Å²) in [5.41, 5.74) is 2.00. The SMILES string of the molecule is CCN1COCN=C1N[N+](=O)[O-]. The maximum atomic E-state index is 10.1. The monoisotopic (exact) mass is 174 g/mol. The van der Waals surface area contributed by atoms with Crippen molar-refractivity contribution in [3.63, 3.8) is 0 Å². The number of nitrogens with zero attached hydrogens (tertiary/aromatic N) is 3. The molecule has 0 bridgehead atoms. The average Bonchev–Trinajstić information content (AvgIpc) is 2.04. The summed E-state index contributed by atoms with van der Waals surface area (Å²) in [5, 5.41) is 9.44. The highest BCUT2D eigenvalue weighted by molar-refractivity contribution is 5.78. The van der Waals surface area contributed by atoms with Crippen molar-refractivity contribution < 1.29 is 9.77 Å². The zero-order valence-electron chi connectivity index (χ0n) is 6.69. The first-order chi connectivity index (χ1) is 5.74. The molecule has 1 heterocycles. The van der Waals surface area contributed by atoms with Gasteiger partial charge in [0.1, 0.15) is 13.5 Å². The molecule has 0 saturated heterocycles. The van der Waals surface area contributed by atoms with E-state index in [1.165, 1.54) is 0 Å². The Kier molecular flexibility index (Phi) is 2.81. The Morgan fingerprint density at radius 1 is 1.92 bits per heavy atom. The molecular formula is C5H10N4O3. The summed E-state index contributed by atoms with van der Waals surface area (Å²) >= 11 is 0. The molecule has 0 amide bonds. The van der Waals surface area contributed by atoms with Crippen molar-refractivity contribution in [3.8, 4) is 0 Å². The molecule has 0 aliphatic carbocycles. The normalized spacial score (nSPS) is 17.1. The number of ether oxygens (including phenoxy) is 1. The predicted octanol–water partition coefficient (Wildman–Crippen LogP) is -0.609. The summed E-state index contributed by atoms with van der Waals surface area (Å²) in [6.45, 7) is 3.01. The van der Waals surface area contributed by atoms with Gasteiger partial charge in [0.15, 0.2) is 5.03 Å². The van der Waals surface area contributed by atoms with Crippen molar-refractivity contribution in [3.05, 3.63) is 10.1 Å². The highest BCUT2D eigenvalue weighted by Gasteiger charge is 2.16. The predicted molar refractivity (Wildman–Crippen MR) is 40.8 cm³/mol. The first-order valence-corrected chi connectivity index (χ1v) is 3.52. The van der Waals surface area contributed by atoms with E-state index in [0.29, 0.717) is 13.3 Å². The molecule has 0 aromatic carbocycles. The zero-order chi connectivity index (χ0) is 8.97. The second kappa shape index (κ2) is 3.86. The topological polar surface area (TPSA) is 80.0 Å². The molecule has 0 radical (unpaired) electrons. The van der Waals surface area contributed by atoms with Crippen LogP contribution in [-0.4, -0.2) is 35.9 Å². The number of nitrogens with one attached hydrogen (secondary N) is 1. The minimum Gasteiger partial charge on any atom is -0.339 e. The fourth-order valence-corrected chi connectivity index (χ4v) is 0.848. The van der Waals surface area contributed by atoms with E-state index in [2.05, 4.69) is 4.99 Å². The maximum absolute atomic E-state index is 10.1. The van der Waals surface area contributed by atoms with Crippen molar-refractivity contribution >= 4 is 5.96 Å². The molecule has 1 aliphatic rings. The van der Waals surface area contributed by atoms with E-state index >= 15 is 0 Å². The van der Waals surface area contributed by atoms with Crippen molar-refractivity contribution in [2.24, 2.45) is 4.99 Å². The lowest BCUT2D eigenvalue weighted by molar-refractivity contribution is -0.527. The number of rotatable bonds is 2. The van der Waals surface area contributed by atoms with E-state index in [9.17, 15) is 10.1 Å².